The molecule has 0 aromatic carbocycles. The summed E-state index contributed by atoms with van der Waals surface area (Å²) in [6, 6.07) is 1.43. The van der Waals surface area contributed by atoms with E-state index in [9.17, 15) is 0 Å². The van der Waals surface area contributed by atoms with Crippen molar-refractivity contribution in [3.63, 3.8) is 0 Å². The SMILES string of the molecule is Cl.Cl.[2H]C1([2H])NC([2H])([2H])C([2H])([2H])N(c2ncccn2)C1([2H])[2H]. The largest absolute Gasteiger partial charge is 0.338 e. The molecular weight excluding hydrogens is 223 g/mol. The van der Waals surface area contributed by atoms with Crippen LogP contribution in [0.15, 0.2) is 18.5 Å². The fourth-order valence-electron chi connectivity index (χ4n) is 0.734. The first kappa shape index (κ1) is 4.96. The smallest absolute Gasteiger partial charge is 0.225 e. The summed E-state index contributed by atoms with van der Waals surface area (Å²) in [5, 5.41) is 1.73. The Morgan fingerprint density at radius 2 is 1.79 bits per heavy atom. The molecule has 0 amide bonds. The number of anilines is 1. The van der Waals surface area contributed by atoms with E-state index in [1.54, 1.807) is 5.32 Å². The van der Waals surface area contributed by atoms with Crippen LogP contribution in [0.4, 0.5) is 5.95 Å². The van der Waals surface area contributed by atoms with E-state index in [2.05, 4.69) is 9.97 Å². The fraction of sp³-hybridized carbons (Fsp3) is 0.500. The molecule has 0 bridgehead atoms. The Labute approximate surface area is 107 Å². The van der Waals surface area contributed by atoms with E-state index in [0.29, 0.717) is 0 Å². The van der Waals surface area contributed by atoms with Crippen molar-refractivity contribution in [2.75, 3.05) is 30.9 Å². The monoisotopic (exact) mass is 244 g/mol. The van der Waals surface area contributed by atoms with E-state index >= 15 is 0 Å². The molecule has 1 saturated heterocycles. The zero-order valence-electron chi connectivity index (χ0n) is 14.9. The number of rotatable bonds is 1. The highest BCUT2D eigenvalue weighted by Gasteiger charge is 2.11. The Morgan fingerprint density at radius 1 is 1.21 bits per heavy atom. The summed E-state index contributed by atoms with van der Waals surface area (Å²) in [6.07, 6.45) is 2.48. The van der Waals surface area contributed by atoms with Gasteiger partial charge in [-0.2, -0.15) is 0 Å². The number of nitrogens with one attached hydrogen (secondary N) is 1. The highest BCUT2D eigenvalue weighted by Crippen LogP contribution is 2.04. The average Bonchev–Trinajstić information content (AvgIpc) is 2.26. The number of hydrogen-bond donors (Lipinski definition) is 1. The van der Waals surface area contributed by atoms with E-state index < -0.39 is 31.9 Å². The van der Waals surface area contributed by atoms with Crippen molar-refractivity contribution in [2.24, 2.45) is 0 Å². The molecule has 2 rings (SSSR count). The molecule has 80 valence electrons. The lowest BCUT2D eigenvalue weighted by atomic mass is 10.4. The van der Waals surface area contributed by atoms with Gasteiger partial charge in [-0.3, -0.25) is 0 Å². The maximum Gasteiger partial charge on any atom is 0.225 e. The van der Waals surface area contributed by atoms with Gasteiger partial charge >= 0.3 is 0 Å². The highest BCUT2D eigenvalue weighted by molar-refractivity contribution is 5.85. The number of nitrogens with zero attached hydrogens (tertiary/aromatic N) is 3. The molecule has 4 nitrogen and oxygen atoms in total. The van der Waals surface area contributed by atoms with Gasteiger partial charge in [0, 0.05) is 43.9 Å². The third kappa shape index (κ3) is 3.29. The zero-order chi connectivity index (χ0) is 15.4. The lowest BCUT2D eigenvalue weighted by molar-refractivity contribution is 0.580. The predicted molar refractivity (Wildman–Crippen MR) is 61.6 cm³/mol. The van der Waals surface area contributed by atoms with E-state index in [1.807, 2.05) is 0 Å². The molecule has 1 fully saturated rings. The van der Waals surface area contributed by atoms with Crippen LogP contribution in [0.2, 0.25) is 0 Å². The van der Waals surface area contributed by atoms with Gasteiger partial charge in [-0.15, -0.1) is 24.8 Å². The van der Waals surface area contributed by atoms with E-state index in [1.165, 1.54) is 18.5 Å². The minimum absolute atomic E-state index is 0. The molecule has 1 aliphatic rings. The van der Waals surface area contributed by atoms with Gasteiger partial charge in [0.15, 0.2) is 0 Å². The van der Waals surface area contributed by atoms with Gasteiger partial charge in [-0.1, -0.05) is 0 Å². The Morgan fingerprint density at radius 3 is 2.36 bits per heavy atom. The second-order valence-corrected chi connectivity index (χ2v) is 1.98. The van der Waals surface area contributed by atoms with Gasteiger partial charge in [-0.25, -0.2) is 9.97 Å². The molecule has 1 aliphatic heterocycles. The second-order valence-electron chi connectivity index (χ2n) is 1.98. The first-order valence-corrected chi connectivity index (χ1v) is 3.30. The molecule has 1 aromatic heterocycles. The summed E-state index contributed by atoms with van der Waals surface area (Å²) in [4.78, 5) is 7.69. The van der Waals surface area contributed by atoms with E-state index in [-0.39, 0.29) is 29.7 Å². The Bertz CT molecular complexity index is 488. The van der Waals surface area contributed by atoms with Gasteiger partial charge in [0.05, 0.1) is 5.48 Å². The van der Waals surface area contributed by atoms with Gasteiger partial charge < -0.3 is 10.2 Å². The average molecular weight is 245 g/mol. The molecule has 0 atom stereocenters. The first-order chi connectivity index (χ1) is 8.93. The van der Waals surface area contributed by atoms with Crippen LogP contribution in [-0.2, 0) is 0 Å². The van der Waals surface area contributed by atoms with Crippen molar-refractivity contribution >= 4 is 30.8 Å². The Balaban J connectivity index is 0.00000220. The summed E-state index contributed by atoms with van der Waals surface area (Å²) >= 11 is 0. The molecule has 1 N–H and O–H groups in total. The predicted octanol–water partition coefficient (Wildman–Crippen LogP) is 0.730. The van der Waals surface area contributed by atoms with Gasteiger partial charge in [0.2, 0.25) is 5.95 Å². The number of aromatic nitrogens is 2. The zero-order valence-corrected chi connectivity index (χ0v) is 8.52. The van der Waals surface area contributed by atoms with Crippen LogP contribution < -0.4 is 10.2 Å². The molecule has 0 saturated carbocycles. The molecule has 6 heteroatoms. The summed E-state index contributed by atoms with van der Waals surface area (Å²) in [7, 11) is 0. The van der Waals surface area contributed by atoms with E-state index in [4.69, 9.17) is 11.0 Å². The first-order valence-electron chi connectivity index (χ1n) is 7.30. The van der Waals surface area contributed by atoms with Crippen LogP contribution in [0.25, 0.3) is 0 Å². The summed E-state index contributed by atoms with van der Waals surface area (Å²) in [5.41, 5.74) is 0. The number of halogens is 2. The van der Waals surface area contributed by atoms with Gasteiger partial charge in [0.25, 0.3) is 0 Å². The summed E-state index contributed by atoms with van der Waals surface area (Å²) in [6.45, 7) is -11.5. The van der Waals surface area contributed by atoms with E-state index in [0.717, 1.165) is 0 Å². The highest BCUT2D eigenvalue weighted by atomic mass is 35.5. The number of hydrogen-bond acceptors (Lipinski definition) is 4. The summed E-state index contributed by atoms with van der Waals surface area (Å²) in [5.74, 6) is -0.434. The van der Waals surface area contributed by atoms with Crippen molar-refractivity contribution in [3.8, 4) is 0 Å². The van der Waals surface area contributed by atoms with Crippen LogP contribution in [0.3, 0.4) is 0 Å². The van der Waals surface area contributed by atoms with Crippen LogP contribution in [-0.4, -0.2) is 36.0 Å². The molecular formula is C8H14Cl2N4. The fourth-order valence-corrected chi connectivity index (χ4v) is 0.734. The maximum atomic E-state index is 7.82. The second kappa shape index (κ2) is 6.81. The standard InChI is InChI=1S/C8H12N4.2ClH/c1-2-10-8(11-3-1)12-6-4-9-5-7-12;;/h1-3,9H,4-7H2;2*1H/i4D2,5D2,6D2,7D2;;. The molecule has 0 spiro atoms. The lowest BCUT2D eigenvalue weighted by Crippen LogP contribution is -2.44. The van der Waals surface area contributed by atoms with Crippen LogP contribution in [0, 0.1) is 0 Å². The molecule has 0 unspecified atom stereocenters. The number of piperazine rings is 1. The molecule has 0 radical (unpaired) electrons. The topological polar surface area (TPSA) is 41.0 Å². The van der Waals surface area contributed by atoms with Crippen molar-refractivity contribution in [1.82, 2.24) is 15.3 Å². The van der Waals surface area contributed by atoms with Crippen LogP contribution in [0.1, 0.15) is 11.0 Å². The quantitative estimate of drug-likeness (QED) is 0.792. The van der Waals surface area contributed by atoms with Crippen molar-refractivity contribution in [3.05, 3.63) is 18.5 Å². The summed E-state index contributed by atoms with van der Waals surface area (Å²) < 4.78 is 61.8. The minimum Gasteiger partial charge on any atom is -0.338 e. The molecule has 1 aromatic rings. The van der Waals surface area contributed by atoms with Crippen molar-refractivity contribution in [2.45, 2.75) is 0 Å². The van der Waals surface area contributed by atoms with Gasteiger partial charge in [-0.05, 0) is 6.07 Å². The Hall–Kier alpha value is -0.580. The normalized spacial score (nSPS) is 38.1. The molecule has 14 heavy (non-hydrogen) atoms. The van der Waals surface area contributed by atoms with Crippen molar-refractivity contribution < 1.29 is 11.0 Å². The van der Waals surface area contributed by atoms with Gasteiger partial charge in [0.1, 0.15) is 0 Å². The molecule has 0 aliphatic carbocycles. The molecule has 2 heterocycles. The lowest BCUT2D eigenvalue weighted by Gasteiger charge is -2.26. The third-order valence-corrected chi connectivity index (χ3v) is 1.21. The minimum atomic E-state index is -2.90. The van der Waals surface area contributed by atoms with Crippen molar-refractivity contribution in [1.29, 1.82) is 0 Å². The Kier molecular flexibility index (Phi) is 2.42. The maximum absolute atomic E-state index is 7.82. The third-order valence-electron chi connectivity index (χ3n) is 1.21. The van der Waals surface area contributed by atoms with Crippen LogP contribution >= 0.6 is 24.8 Å². The van der Waals surface area contributed by atoms with Crippen LogP contribution in [0.5, 0.6) is 0 Å².